The van der Waals surface area contributed by atoms with Gasteiger partial charge in [-0.3, -0.25) is 4.79 Å². The highest BCUT2D eigenvalue weighted by atomic mass is 35.5. The van der Waals surface area contributed by atoms with Gasteiger partial charge in [-0.1, -0.05) is 6.42 Å². The molecule has 6 nitrogen and oxygen atoms in total. The molecule has 0 unspecified atom stereocenters. The molecule has 0 amide bonds. The van der Waals surface area contributed by atoms with Crippen molar-refractivity contribution in [3.8, 4) is 0 Å². The molecule has 0 radical (unpaired) electrons. The highest BCUT2D eigenvalue weighted by Crippen LogP contribution is 2.23. The fraction of sp³-hybridized carbons (Fsp3) is 0.875. The number of piperidine rings is 1. The van der Waals surface area contributed by atoms with Crippen molar-refractivity contribution in [2.75, 3.05) is 13.1 Å². The molecule has 2 atom stereocenters. The van der Waals surface area contributed by atoms with Crippen molar-refractivity contribution >= 4 is 37.9 Å². The van der Waals surface area contributed by atoms with E-state index in [1.165, 1.54) is 0 Å². The Morgan fingerprint density at radius 2 is 2.06 bits per heavy atom. The Hall–Kier alpha value is -0.0451. The summed E-state index contributed by atoms with van der Waals surface area (Å²) in [6.07, 6.45) is 1.20. The number of hydrogen-bond acceptors (Lipinski definition) is 5. The zero-order valence-electron chi connectivity index (χ0n) is 9.33. The number of halogens is 2. The standard InChI is InChI=1S/C8H17BN2O4.2ClH/c10-8(7(12)13)3-6(4-11-5-8)1-2-9(14)15;;/h6,11,14-15H,1-5,10H2,(H,12,13);2*1H/t6-,8+;;/m0../s1. The molecule has 1 heterocycles. The topological polar surface area (TPSA) is 116 Å². The summed E-state index contributed by atoms with van der Waals surface area (Å²) in [5.41, 5.74) is 4.49. The molecule has 0 aromatic heterocycles. The van der Waals surface area contributed by atoms with Gasteiger partial charge in [-0.15, -0.1) is 24.8 Å². The molecule has 6 N–H and O–H groups in total. The first-order chi connectivity index (χ1) is 6.94. The lowest BCUT2D eigenvalue weighted by Crippen LogP contribution is -2.60. The van der Waals surface area contributed by atoms with Crippen LogP contribution in [0.1, 0.15) is 12.8 Å². The predicted molar refractivity (Wildman–Crippen MR) is 69.6 cm³/mol. The van der Waals surface area contributed by atoms with Gasteiger partial charge >= 0.3 is 13.1 Å². The van der Waals surface area contributed by atoms with Gasteiger partial charge < -0.3 is 26.2 Å². The van der Waals surface area contributed by atoms with Crippen LogP contribution in [0, 0.1) is 5.92 Å². The SMILES string of the molecule is Cl.Cl.N[C@@]1(C(=O)O)CNC[C@@H](CCB(O)O)C1. The van der Waals surface area contributed by atoms with Crippen molar-refractivity contribution < 1.29 is 19.9 Å². The average Bonchev–Trinajstić information content (AvgIpc) is 2.15. The third kappa shape index (κ3) is 5.90. The van der Waals surface area contributed by atoms with Gasteiger partial charge in [-0.05, 0) is 25.2 Å². The van der Waals surface area contributed by atoms with Crippen LogP contribution in [0.4, 0.5) is 0 Å². The van der Waals surface area contributed by atoms with Gasteiger partial charge in [0.05, 0.1) is 0 Å². The van der Waals surface area contributed by atoms with Gasteiger partial charge in [0.2, 0.25) is 0 Å². The van der Waals surface area contributed by atoms with Crippen molar-refractivity contribution in [1.82, 2.24) is 5.32 Å². The van der Waals surface area contributed by atoms with Crippen LogP contribution in [0.3, 0.4) is 0 Å². The normalized spacial score (nSPS) is 27.6. The second-order valence-electron chi connectivity index (χ2n) is 4.22. The first-order valence-electron chi connectivity index (χ1n) is 5.03. The van der Waals surface area contributed by atoms with E-state index in [2.05, 4.69) is 5.32 Å². The molecule has 1 fully saturated rings. The minimum absolute atomic E-state index is 0. The van der Waals surface area contributed by atoms with Gasteiger partial charge in [0.1, 0.15) is 5.54 Å². The molecular weight excluding hydrogens is 270 g/mol. The summed E-state index contributed by atoms with van der Waals surface area (Å²) >= 11 is 0. The van der Waals surface area contributed by atoms with Crippen molar-refractivity contribution in [1.29, 1.82) is 0 Å². The molecule has 102 valence electrons. The number of nitrogens with one attached hydrogen (secondary N) is 1. The van der Waals surface area contributed by atoms with E-state index >= 15 is 0 Å². The highest BCUT2D eigenvalue weighted by Gasteiger charge is 2.39. The second-order valence-corrected chi connectivity index (χ2v) is 4.22. The molecule has 0 aromatic carbocycles. The van der Waals surface area contributed by atoms with Crippen LogP contribution in [0.2, 0.25) is 6.32 Å². The van der Waals surface area contributed by atoms with Crippen LogP contribution in [0.25, 0.3) is 0 Å². The summed E-state index contributed by atoms with van der Waals surface area (Å²) in [7, 11) is -1.33. The van der Waals surface area contributed by atoms with Gasteiger partial charge in [0.25, 0.3) is 0 Å². The molecule has 1 saturated heterocycles. The molecule has 9 heteroatoms. The quantitative estimate of drug-likeness (QED) is 0.428. The van der Waals surface area contributed by atoms with E-state index < -0.39 is 18.6 Å². The maximum absolute atomic E-state index is 10.9. The smallest absolute Gasteiger partial charge is 0.451 e. The summed E-state index contributed by atoms with van der Waals surface area (Å²) < 4.78 is 0. The van der Waals surface area contributed by atoms with E-state index in [4.69, 9.17) is 20.9 Å². The van der Waals surface area contributed by atoms with E-state index in [0.29, 0.717) is 19.4 Å². The largest absolute Gasteiger partial charge is 0.480 e. The van der Waals surface area contributed by atoms with Crippen LogP contribution < -0.4 is 11.1 Å². The zero-order chi connectivity index (χ0) is 11.5. The Morgan fingerprint density at radius 1 is 1.47 bits per heavy atom. The van der Waals surface area contributed by atoms with Gasteiger partial charge in [0, 0.05) is 6.54 Å². The predicted octanol–water partition coefficient (Wildman–Crippen LogP) is -0.916. The molecule has 0 spiro atoms. The lowest BCUT2D eigenvalue weighted by molar-refractivity contribution is -0.144. The van der Waals surface area contributed by atoms with Crippen molar-refractivity contribution in [2.45, 2.75) is 24.7 Å². The van der Waals surface area contributed by atoms with Gasteiger partial charge in [-0.2, -0.15) is 0 Å². The first kappa shape index (κ1) is 19.3. The van der Waals surface area contributed by atoms with E-state index in [1.807, 2.05) is 0 Å². The second kappa shape index (κ2) is 8.13. The number of carboxylic acid groups (broad SMARTS) is 1. The van der Waals surface area contributed by atoms with Crippen molar-refractivity contribution in [2.24, 2.45) is 11.7 Å². The number of hydrogen-bond donors (Lipinski definition) is 5. The Labute approximate surface area is 113 Å². The third-order valence-corrected chi connectivity index (χ3v) is 2.79. The number of aliphatic carboxylic acids is 1. The number of nitrogens with two attached hydrogens (primary N) is 1. The monoisotopic (exact) mass is 288 g/mol. The van der Waals surface area contributed by atoms with Crippen LogP contribution in [-0.2, 0) is 4.79 Å². The fourth-order valence-corrected chi connectivity index (χ4v) is 1.91. The van der Waals surface area contributed by atoms with Crippen molar-refractivity contribution in [3.05, 3.63) is 0 Å². The Balaban J connectivity index is 0. The summed E-state index contributed by atoms with van der Waals surface area (Å²) in [6.45, 7) is 0.944. The zero-order valence-corrected chi connectivity index (χ0v) is 11.0. The molecule has 0 bridgehead atoms. The minimum Gasteiger partial charge on any atom is -0.480 e. The van der Waals surface area contributed by atoms with E-state index in [1.54, 1.807) is 0 Å². The Morgan fingerprint density at radius 3 is 2.53 bits per heavy atom. The molecule has 0 aliphatic carbocycles. The molecule has 0 aromatic rings. The lowest BCUT2D eigenvalue weighted by Gasteiger charge is -2.35. The molecule has 1 aliphatic heterocycles. The van der Waals surface area contributed by atoms with Crippen LogP contribution in [0.15, 0.2) is 0 Å². The maximum Gasteiger partial charge on any atom is 0.451 e. The fourth-order valence-electron chi connectivity index (χ4n) is 1.91. The summed E-state index contributed by atoms with van der Waals surface area (Å²) in [6, 6.07) is 0. The molecule has 0 saturated carbocycles. The Bertz CT molecular complexity index is 248. The van der Waals surface area contributed by atoms with Crippen LogP contribution >= 0.6 is 24.8 Å². The molecule has 17 heavy (non-hydrogen) atoms. The number of carboxylic acids is 1. The van der Waals surface area contributed by atoms with Crippen LogP contribution in [0.5, 0.6) is 0 Å². The van der Waals surface area contributed by atoms with Crippen LogP contribution in [-0.4, -0.2) is 46.9 Å². The molecule has 1 aliphatic rings. The molecule has 1 rings (SSSR count). The maximum atomic E-state index is 10.9. The lowest BCUT2D eigenvalue weighted by atomic mass is 9.76. The number of carbonyl (C=O) groups is 1. The average molecular weight is 289 g/mol. The number of rotatable bonds is 4. The van der Waals surface area contributed by atoms with Gasteiger partial charge in [0.15, 0.2) is 0 Å². The summed E-state index contributed by atoms with van der Waals surface area (Å²) in [5.74, 6) is -0.925. The van der Waals surface area contributed by atoms with Gasteiger partial charge in [-0.25, -0.2) is 0 Å². The Kier molecular flexibility index (Phi) is 9.22. The van der Waals surface area contributed by atoms with E-state index in [9.17, 15) is 4.79 Å². The van der Waals surface area contributed by atoms with Crippen molar-refractivity contribution in [3.63, 3.8) is 0 Å². The van der Waals surface area contributed by atoms with E-state index in [-0.39, 0.29) is 43.6 Å². The summed E-state index contributed by atoms with van der Waals surface area (Å²) in [5, 5.41) is 29.3. The summed E-state index contributed by atoms with van der Waals surface area (Å²) in [4.78, 5) is 10.9. The minimum atomic E-state index is -1.33. The first-order valence-corrected chi connectivity index (χ1v) is 5.03. The highest BCUT2D eigenvalue weighted by molar-refractivity contribution is 6.40. The third-order valence-electron chi connectivity index (χ3n) is 2.79. The molecular formula is C8H19BCl2N2O4. The van der Waals surface area contributed by atoms with E-state index in [0.717, 1.165) is 0 Å².